The van der Waals surface area contributed by atoms with Gasteiger partial charge in [0, 0.05) is 19.7 Å². The Labute approximate surface area is 145 Å². The molecule has 24 heavy (non-hydrogen) atoms. The Balaban J connectivity index is 1.68. The van der Waals surface area contributed by atoms with Crippen molar-refractivity contribution in [1.82, 2.24) is 10.2 Å². The molecule has 0 aromatic heterocycles. The van der Waals surface area contributed by atoms with Gasteiger partial charge in [0.1, 0.15) is 0 Å². The predicted molar refractivity (Wildman–Crippen MR) is 96.1 cm³/mol. The number of nitrogens with zero attached hydrogens (tertiary/aromatic N) is 1. The van der Waals surface area contributed by atoms with E-state index < -0.39 is 0 Å². The van der Waals surface area contributed by atoms with Gasteiger partial charge in [0.2, 0.25) is 0 Å². The van der Waals surface area contributed by atoms with Crippen molar-refractivity contribution >= 4 is 6.03 Å². The Morgan fingerprint density at radius 1 is 1.29 bits per heavy atom. The molecule has 1 atom stereocenters. The van der Waals surface area contributed by atoms with E-state index in [1.807, 2.05) is 4.90 Å². The first-order valence-electron chi connectivity index (χ1n) is 9.37. The molecule has 132 valence electrons. The molecule has 1 aromatic carbocycles. The zero-order chi connectivity index (χ0) is 17.1. The van der Waals surface area contributed by atoms with Crippen molar-refractivity contribution in [3.63, 3.8) is 0 Å². The monoisotopic (exact) mass is 330 g/mol. The van der Waals surface area contributed by atoms with Gasteiger partial charge in [0.15, 0.2) is 0 Å². The molecule has 1 heterocycles. The number of carbonyl (C=O) groups is 1. The molecule has 4 heteroatoms. The minimum absolute atomic E-state index is 0.0548. The number of aryl methyl sites for hydroxylation is 1. The first-order chi connectivity index (χ1) is 11.6. The minimum Gasteiger partial charge on any atom is -0.396 e. The van der Waals surface area contributed by atoms with E-state index in [-0.39, 0.29) is 18.7 Å². The number of likely N-dealkylation sites (tertiary alicyclic amines) is 1. The lowest BCUT2D eigenvalue weighted by Gasteiger charge is -2.34. The molecular weight excluding hydrogens is 300 g/mol. The van der Waals surface area contributed by atoms with Crippen molar-refractivity contribution in [2.45, 2.75) is 57.9 Å². The number of hydrogen-bond acceptors (Lipinski definition) is 2. The van der Waals surface area contributed by atoms with Gasteiger partial charge in [0.05, 0.1) is 6.04 Å². The Bertz CT molecular complexity index is 577. The second-order valence-electron chi connectivity index (χ2n) is 7.62. The fraction of sp³-hybridized carbons (Fsp3) is 0.650. The molecule has 0 radical (unpaired) electrons. The third-order valence-electron chi connectivity index (χ3n) is 5.61. The molecule has 1 aliphatic heterocycles. The summed E-state index contributed by atoms with van der Waals surface area (Å²) in [6.07, 6.45) is 5.08. The highest BCUT2D eigenvalue weighted by Crippen LogP contribution is 2.32. The van der Waals surface area contributed by atoms with E-state index in [2.05, 4.69) is 37.4 Å². The lowest BCUT2D eigenvalue weighted by molar-refractivity contribution is 0.135. The number of nitrogens with one attached hydrogen (secondary N) is 1. The van der Waals surface area contributed by atoms with Crippen LogP contribution in [-0.4, -0.2) is 35.7 Å². The number of aliphatic hydroxyl groups is 1. The lowest BCUT2D eigenvalue weighted by Crippen LogP contribution is -2.46. The highest BCUT2D eigenvalue weighted by Gasteiger charge is 2.27. The standard InChI is InChI=1S/C20H30N2O2/c1-14(2)17-7-6-16-4-3-5-19(18(16)12-17)21-20(24)22-10-8-15(13-23)9-11-22/h6-7,12,14-15,19,23H,3-5,8-11,13H2,1-2H3,(H,21,24)/t19-/m1/s1. The number of piperidine rings is 1. The highest BCUT2D eigenvalue weighted by molar-refractivity contribution is 5.75. The Morgan fingerprint density at radius 2 is 2.04 bits per heavy atom. The quantitative estimate of drug-likeness (QED) is 0.890. The van der Waals surface area contributed by atoms with Crippen LogP contribution in [0.1, 0.15) is 68.2 Å². The molecule has 1 aliphatic carbocycles. The maximum Gasteiger partial charge on any atom is 0.317 e. The second-order valence-corrected chi connectivity index (χ2v) is 7.62. The zero-order valence-corrected chi connectivity index (χ0v) is 14.9. The lowest BCUT2D eigenvalue weighted by atomic mass is 9.85. The average molecular weight is 330 g/mol. The van der Waals surface area contributed by atoms with Gasteiger partial charge >= 0.3 is 6.03 Å². The van der Waals surface area contributed by atoms with Crippen molar-refractivity contribution in [2.75, 3.05) is 19.7 Å². The summed E-state index contributed by atoms with van der Waals surface area (Å²) in [4.78, 5) is 14.6. The molecule has 2 amide bonds. The predicted octanol–water partition coefficient (Wildman–Crippen LogP) is 3.60. The molecule has 1 aromatic rings. The van der Waals surface area contributed by atoms with Gasteiger partial charge in [-0.25, -0.2) is 4.79 Å². The number of hydrogen-bond donors (Lipinski definition) is 2. The van der Waals surface area contributed by atoms with Gasteiger partial charge < -0.3 is 15.3 Å². The zero-order valence-electron chi connectivity index (χ0n) is 14.9. The van der Waals surface area contributed by atoms with Gasteiger partial charge in [0.25, 0.3) is 0 Å². The van der Waals surface area contributed by atoms with E-state index in [0.717, 1.165) is 45.2 Å². The third-order valence-corrected chi connectivity index (χ3v) is 5.61. The second kappa shape index (κ2) is 7.56. The summed E-state index contributed by atoms with van der Waals surface area (Å²) < 4.78 is 0. The molecule has 0 spiro atoms. The molecule has 2 N–H and O–H groups in total. The number of fused-ring (bicyclic) bond motifs is 1. The molecule has 1 saturated heterocycles. The third kappa shape index (κ3) is 3.75. The number of aliphatic hydroxyl groups excluding tert-OH is 1. The minimum atomic E-state index is 0.0548. The van der Waals surface area contributed by atoms with E-state index in [4.69, 9.17) is 0 Å². The van der Waals surface area contributed by atoms with E-state index >= 15 is 0 Å². The van der Waals surface area contributed by atoms with Crippen LogP contribution in [0.3, 0.4) is 0 Å². The van der Waals surface area contributed by atoms with Crippen LogP contribution in [0.15, 0.2) is 18.2 Å². The van der Waals surface area contributed by atoms with Crippen molar-refractivity contribution < 1.29 is 9.90 Å². The van der Waals surface area contributed by atoms with Crippen LogP contribution in [0.25, 0.3) is 0 Å². The number of amides is 2. The molecule has 0 bridgehead atoms. The molecule has 0 unspecified atom stereocenters. The van der Waals surface area contributed by atoms with Gasteiger partial charge in [-0.15, -0.1) is 0 Å². The highest BCUT2D eigenvalue weighted by atomic mass is 16.3. The fourth-order valence-electron chi connectivity index (χ4n) is 3.89. The Morgan fingerprint density at radius 3 is 2.71 bits per heavy atom. The number of urea groups is 1. The molecular formula is C20H30N2O2. The molecule has 1 fully saturated rings. The molecule has 2 aliphatic rings. The SMILES string of the molecule is CC(C)c1ccc2c(c1)[C@H](NC(=O)N1CCC(CO)CC1)CCC2. The van der Waals surface area contributed by atoms with Gasteiger partial charge in [-0.1, -0.05) is 32.0 Å². The maximum atomic E-state index is 12.6. The molecule has 3 rings (SSSR count). The number of rotatable bonds is 3. The summed E-state index contributed by atoms with van der Waals surface area (Å²) in [6, 6.07) is 6.96. The number of benzene rings is 1. The van der Waals surface area contributed by atoms with E-state index in [9.17, 15) is 9.90 Å². The largest absolute Gasteiger partial charge is 0.396 e. The van der Waals surface area contributed by atoms with Gasteiger partial charge in [-0.05, 0) is 60.6 Å². The first kappa shape index (κ1) is 17.3. The Hall–Kier alpha value is -1.55. The summed E-state index contributed by atoms with van der Waals surface area (Å²) in [5, 5.41) is 12.5. The van der Waals surface area contributed by atoms with Crippen molar-refractivity contribution in [3.8, 4) is 0 Å². The average Bonchev–Trinajstić information content (AvgIpc) is 2.61. The summed E-state index contributed by atoms with van der Waals surface area (Å²) in [6.45, 7) is 6.17. The Kier molecular flexibility index (Phi) is 5.44. The van der Waals surface area contributed by atoms with E-state index in [1.54, 1.807) is 0 Å². The summed E-state index contributed by atoms with van der Waals surface area (Å²) in [5.41, 5.74) is 4.04. The van der Waals surface area contributed by atoms with Crippen molar-refractivity contribution in [1.29, 1.82) is 0 Å². The van der Waals surface area contributed by atoms with Crippen molar-refractivity contribution in [3.05, 3.63) is 34.9 Å². The van der Waals surface area contributed by atoms with Crippen LogP contribution in [0, 0.1) is 5.92 Å². The maximum absolute atomic E-state index is 12.6. The van der Waals surface area contributed by atoms with Crippen molar-refractivity contribution in [2.24, 2.45) is 5.92 Å². The topological polar surface area (TPSA) is 52.6 Å². The van der Waals surface area contributed by atoms with E-state index in [0.29, 0.717) is 11.8 Å². The summed E-state index contributed by atoms with van der Waals surface area (Å²) in [5.74, 6) is 0.865. The van der Waals surface area contributed by atoms with Crippen LogP contribution in [0.5, 0.6) is 0 Å². The van der Waals surface area contributed by atoms with Gasteiger partial charge in [-0.2, -0.15) is 0 Å². The summed E-state index contributed by atoms with van der Waals surface area (Å²) >= 11 is 0. The molecule has 4 nitrogen and oxygen atoms in total. The number of carbonyl (C=O) groups excluding carboxylic acids is 1. The van der Waals surface area contributed by atoms with Gasteiger partial charge in [-0.3, -0.25) is 0 Å². The normalized spacial score (nSPS) is 21.7. The van der Waals surface area contributed by atoms with Crippen LogP contribution >= 0.6 is 0 Å². The fourth-order valence-corrected chi connectivity index (χ4v) is 3.89. The van der Waals surface area contributed by atoms with Crippen LogP contribution in [-0.2, 0) is 6.42 Å². The van der Waals surface area contributed by atoms with Crippen LogP contribution in [0.2, 0.25) is 0 Å². The first-order valence-corrected chi connectivity index (χ1v) is 9.37. The van der Waals surface area contributed by atoms with Crippen LogP contribution in [0.4, 0.5) is 4.79 Å². The molecule has 0 saturated carbocycles. The smallest absolute Gasteiger partial charge is 0.317 e. The summed E-state index contributed by atoms with van der Waals surface area (Å²) in [7, 11) is 0. The van der Waals surface area contributed by atoms with Crippen LogP contribution < -0.4 is 5.32 Å². The van der Waals surface area contributed by atoms with E-state index in [1.165, 1.54) is 16.7 Å².